The Labute approximate surface area is 116 Å². The zero-order valence-electron chi connectivity index (χ0n) is 9.41. The molecule has 0 atom stereocenters. The Morgan fingerprint density at radius 3 is 0.773 bits per heavy atom. The van der Waals surface area contributed by atoms with Crippen LogP contribution in [0.4, 0.5) is 65.9 Å². The quantitative estimate of drug-likeness (QED) is 0.335. The normalized spacial score (nSPS) is 11.7. The largest absolute Gasteiger partial charge is 0.475 e. The Morgan fingerprint density at radius 2 is 0.773 bits per heavy atom. The fourth-order valence-electron chi connectivity index (χ4n) is 0. The van der Waals surface area contributed by atoms with Crippen LogP contribution in [-0.2, 0) is 0 Å². The maximum Gasteiger partial charge on any atom is 0.475 e. The van der Waals surface area contributed by atoms with Gasteiger partial charge in [0.25, 0.3) is 0 Å². The molecule has 0 aromatic rings. The fourth-order valence-corrected chi connectivity index (χ4v) is 0. The highest BCUT2D eigenvalue weighted by Gasteiger charge is 2.40. The molecular formula is C6H4ClF15. The van der Waals surface area contributed by atoms with Gasteiger partial charge in [0, 0.05) is 0 Å². The number of rotatable bonds is 0. The second-order valence-electron chi connectivity index (χ2n) is 2.27. The number of halogens is 16. The molecule has 0 aromatic heterocycles. The van der Waals surface area contributed by atoms with E-state index in [-0.39, 0.29) is 0 Å². The molecule has 0 N–H and O–H groups in total. The smallest absolute Gasteiger partial charge is 0.241 e. The molecule has 0 aliphatic carbocycles. The zero-order chi connectivity index (χ0) is 19.4. The van der Waals surface area contributed by atoms with E-state index in [1.165, 1.54) is 0 Å². The number of alkyl halides is 16. The lowest BCUT2D eigenvalue weighted by molar-refractivity contribution is -0.219. The van der Waals surface area contributed by atoms with Gasteiger partial charge in [-0.15, -0.1) is 0 Å². The molecule has 0 aliphatic rings. The molecule has 0 amide bonds. The van der Waals surface area contributed by atoms with Crippen molar-refractivity contribution in [2.75, 3.05) is 6.67 Å². The fraction of sp³-hybridized carbons (Fsp3) is 1.00. The van der Waals surface area contributed by atoms with Crippen LogP contribution >= 0.6 is 11.6 Å². The summed E-state index contributed by atoms with van der Waals surface area (Å²) >= 11 is 3.53. The van der Waals surface area contributed by atoms with E-state index >= 15 is 0 Å². The van der Waals surface area contributed by atoms with Crippen molar-refractivity contribution in [3.8, 4) is 0 Å². The van der Waals surface area contributed by atoms with E-state index in [9.17, 15) is 65.9 Å². The number of hydrogen-bond donors (Lipinski definition) is 0. The summed E-state index contributed by atoms with van der Waals surface area (Å²) < 4.78 is 153. The van der Waals surface area contributed by atoms with Gasteiger partial charge in [0.05, 0.1) is 0 Å². The molecule has 0 fully saturated rings. The lowest BCUT2D eigenvalue weighted by Crippen LogP contribution is -2.18. The van der Waals surface area contributed by atoms with Crippen molar-refractivity contribution >= 4 is 11.6 Å². The Kier molecular flexibility index (Phi) is 17.0. The highest BCUT2D eigenvalue weighted by atomic mass is 35.5. The van der Waals surface area contributed by atoms with Crippen molar-refractivity contribution in [1.29, 1.82) is 0 Å². The van der Waals surface area contributed by atoms with E-state index in [1.54, 1.807) is 0 Å². The molecule has 0 aromatic carbocycles. The molecule has 22 heavy (non-hydrogen) atoms. The Hall–Kier alpha value is -0.760. The Balaban J connectivity index is -0.000000100. The van der Waals surface area contributed by atoms with Crippen LogP contribution in [0.5, 0.6) is 0 Å². The average Bonchev–Trinajstić information content (AvgIpc) is 2.12. The topological polar surface area (TPSA) is 0 Å². The van der Waals surface area contributed by atoms with Crippen molar-refractivity contribution in [1.82, 2.24) is 0 Å². The summed E-state index contributed by atoms with van der Waals surface area (Å²) in [7, 11) is 0. The molecule has 16 heteroatoms. The SMILES string of the molecule is FC(F)(F)Cl.FC(F)C(F)(F)F.FC(F)F.FCC(F)(F)F. The van der Waals surface area contributed by atoms with Crippen LogP contribution < -0.4 is 0 Å². The molecule has 0 heterocycles. The van der Waals surface area contributed by atoms with Gasteiger partial charge in [-0.3, -0.25) is 0 Å². The van der Waals surface area contributed by atoms with E-state index in [0.717, 1.165) is 0 Å². The third-order valence-corrected chi connectivity index (χ3v) is 0.399. The average molecular weight is 397 g/mol. The van der Waals surface area contributed by atoms with Crippen molar-refractivity contribution in [3.05, 3.63) is 0 Å². The Bertz CT molecular complexity index is 215. The monoisotopic (exact) mass is 396 g/mol. The Morgan fingerprint density at radius 1 is 0.682 bits per heavy atom. The van der Waals surface area contributed by atoms with E-state index in [0.29, 0.717) is 0 Å². The van der Waals surface area contributed by atoms with Gasteiger partial charge >= 0.3 is 31.1 Å². The third kappa shape index (κ3) is 94.3. The summed E-state index contributed by atoms with van der Waals surface area (Å²) in [6, 6.07) is 0. The van der Waals surface area contributed by atoms with Gasteiger partial charge in [-0.05, 0) is 11.6 Å². The molecule has 140 valence electrons. The van der Waals surface area contributed by atoms with Crippen molar-refractivity contribution < 1.29 is 65.9 Å². The summed E-state index contributed by atoms with van der Waals surface area (Å²) in [5, 5.41) is 0. The summed E-state index contributed by atoms with van der Waals surface area (Å²) in [6.45, 7) is -5.90. The van der Waals surface area contributed by atoms with Crippen LogP contribution in [0.2, 0.25) is 0 Å². The minimum absolute atomic E-state index is 2.23. The summed E-state index contributed by atoms with van der Waals surface area (Å²) in [6.07, 6.45) is -14.2. The molecule has 0 radical (unpaired) electrons. The first-order chi connectivity index (χ1) is 9.24. The predicted molar refractivity (Wildman–Crippen MR) is 43.1 cm³/mol. The molecule has 0 unspecified atom stereocenters. The summed E-state index contributed by atoms with van der Waals surface area (Å²) in [5.41, 5.74) is -4.53. The predicted octanol–water partition coefficient (Wildman–Crippen LogP) is 6.26. The first-order valence-electron chi connectivity index (χ1n) is 3.89. The van der Waals surface area contributed by atoms with Gasteiger partial charge in [-0.1, -0.05) is 0 Å². The first kappa shape index (κ1) is 29.3. The van der Waals surface area contributed by atoms with Gasteiger partial charge in [-0.25, -0.2) is 13.2 Å². The second kappa shape index (κ2) is 12.8. The van der Waals surface area contributed by atoms with Crippen LogP contribution in [0.3, 0.4) is 0 Å². The van der Waals surface area contributed by atoms with Gasteiger partial charge in [0.15, 0.2) is 6.67 Å². The first-order valence-corrected chi connectivity index (χ1v) is 4.27. The van der Waals surface area contributed by atoms with Crippen LogP contribution in [-0.4, -0.2) is 37.8 Å². The van der Waals surface area contributed by atoms with E-state index in [2.05, 4.69) is 11.6 Å². The van der Waals surface area contributed by atoms with Crippen molar-refractivity contribution in [2.24, 2.45) is 0 Å². The van der Waals surface area contributed by atoms with Gasteiger partial charge in [0.2, 0.25) is 0 Å². The van der Waals surface area contributed by atoms with Crippen LogP contribution in [0, 0.1) is 0 Å². The summed E-state index contributed by atoms with van der Waals surface area (Å²) in [5.74, 6) is 0. The highest BCUT2D eigenvalue weighted by molar-refractivity contribution is 6.20. The van der Waals surface area contributed by atoms with Crippen LogP contribution in [0.25, 0.3) is 0 Å². The molecular weight excluding hydrogens is 392 g/mol. The lowest BCUT2D eigenvalue weighted by atomic mass is 10.7. The van der Waals surface area contributed by atoms with Crippen molar-refractivity contribution in [3.63, 3.8) is 0 Å². The molecule has 0 bridgehead atoms. The maximum absolute atomic E-state index is 10.4. The second-order valence-corrected chi connectivity index (χ2v) is 2.70. The van der Waals surface area contributed by atoms with Gasteiger partial charge in [0.1, 0.15) is 0 Å². The van der Waals surface area contributed by atoms with Crippen LogP contribution in [0.15, 0.2) is 0 Å². The molecule has 0 nitrogen and oxygen atoms in total. The molecule has 0 spiro atoms. The van der Waals surface area contributed by atoms with E-state index < -0.39 is 37.8 Å². The lowest BCUT2D eigenvalue weighted by Gasteiger charge is -2.00. The summed E-state index contributed by atoms with van der Waals surface area (Å²) in [4.78, 5) is 0. The standard InChI is InChI=1S/C2HF5.C2H2F4.CClF3.CHF3/c3-1(4)2(5,6)7;3-1-2(4,5)6;2-1(3,4)5;2-1(3)4/h1H;1H2;;1H. The highest BCUT2D eigenvalue weighted by Crippen LogP contribution is 2.23. The maximum atomic E-state index is 10.4. The molecule has 0 rings (SSSR count). The van der Waals surface area contributed by atoms with E-state index in [1.807, 2.05) is 0 Å². The minimum atomic E-state index is -5.33. The van der Waals surface area contributed by atoms with Gasteiger partial charge in [-0.2, -0.15) is 52.7 Å². The minimum Gasteiger partial charge on any atom is -0.241 e. The zero-order valence-corrected chi connectivity index (χ0v) is 10.2. The molecule has 0 saturated carbocycles. The van der Waals surface area contributed by atoms with Gasteiger partial charge < -0.3 is 0 Å². The molecule has 0 aliphatic heterocycles. The van der Waals surface area contributed by atoms with Crippen molar-refractivity contribution in [2.45, 2.75) is 31.1 Å². The van der Waals surface area contributed by atoms with E-state index in [4.69, 9.17) is 0 Å². The third-order valence-electron chi connectivity index (χ3n) is 0.399. The number of hydrogen-bond acceptors (Lipinski definition) is 0. The molecule has 0 saturated heterocycles. The van der Waals surface area contributed by atoms with Crippen LogP contribution in [0.1, 0.15) is 0 Å².